The summed E-state index contributed by atoms with van der Waals surface area (Å²) in [5.41, 5.74) is 26.5. The van der Waals surface area contributed by atoms with Gasteiger partial charge in [-0.15, -0.1) is 0 Å². The van der Waals surface area contributed by atoms with Crippen LogP contribution in [0.2, 0.25) is 0 Å². The highest BCUT2D eigenvalue weighted by molar-refractivity contribution is 6.30. The van der Waals surface area contributed by atoms with E-state index in [0.29, 0.717) is 69.8 Å². The molecule has 2 spiro atoms. The number of carbonyl (C=O) groups excluding carboxylic acids is 2. The lowest BCUT2D eigenvalue weighted by Crippen LogP contribution is -2.48. The largest absolute Gasteiger partial charge is 0.465 e. The van der Waals surface area contributed by atoms with Crippen molar-refractivity contribution in [2.24, 2.45) is 34.5 Å². The molecule has 336 valence electrons. The first-order valence-corrected chi connectivity index (χ1v) is 26.3. The van der Waals surface area contributed by atoms with Gasteiger partial charge < -0.3 is 20.1 Å². The predicted octanol–water partition coefficient (Wildman–Crippen LogP) is 11.7. The highest BCUT2D eigenvalue weighted by Gasteiger charge is 2.81. The van der Waals surface area contributed by atoms with E-state index >= 15 is 0 Å². The summed E-state index contributed by atoms with van der Waals surface area (Å²) in [6.45, 7) is 1.24. The SMILES string of the molecule is CNc1cc(C(=O)OCc2ccc(C3N(C)CC45C=CC6C7CCC8c9c7c7c%10c%11c9c9c%12c%13c%14c%15c%16c(c%13%11)C%10=C(C4C76)C4C%16C(C=CC435)C%15CCC%14C%12CCC98)cc2)c(NC)cc1C(=O)OC. The molecule has 1 heterocycles. The Labute approximate surface area is 395 Å². The van der Waals surface area contributed by atoms with Crippen molar-refractivity contribution in [3.8, 4) is 0 Å². The van der Waals surface area contributed by atoms with Crippen LogP contribution in [-0.4, -0.2) is 51.6 Å². The average molecular weight is 892 g/mol. The minimum atomic E-state index is -0.471. The number of rotatable bonds is 7. The molecule has 15 atom stereocenters. The van der Waals surface area contributed by atoms with Crippen LogP contribution in [0.3, 0.4) is 0 Å². The fourth-order valence-corrected chi connectivity index (χ4v) is 21.8. The van der Waals surface area contributed by atoms with Crippen LogP contribution in [-0.2, 0) is 16.1 Å². The van der Waals surface area contributed by atoms with Gasteiger partial charge in [-0.1, -0.05) is 54.1 Å². The van der Waals surface area contributed by atoms with Crippen LogP contribution in [0, 0.1) is 34.5 Å². The van der Waals surface area contributed by atoms with Crippen molar-refractivity contribution >= 4 is 50.4 Å². The number of esters is 2. The predicted molar refractivity (Wildman–Crippen MR) is 262 cm³/mol. The highest BCUT2D eigenvalue weighted by atomic mass is 16.5. The monoisotopic (exact) mass is 891 g/mol. The second-order valence-corrected chi connectivity index (χ2v) is 24.2. The lowest BCUT2D eigenvalue weighted by molar-refractivity contribution is 0.0472. The molecule has 0 amide bonds. The number of anilines is 2. The molecule has 7 nitrogen and oxygen atoms in total. The molecule has 13 aliphatic carbocycles. The van der Waals surface area contributed by atoms with E-state index < -0.39 is 11.9 Å². The first-order chi connectivity index (χ1) is 33.3. The Morgan fingerprint density at radius 1 is 0.647 bits per heavy atom. The van der Waals surface area contributed by atoms with Gasteiger partial charge in [0.1, 0.15) is 6.61 Å². The summed E-state index contributed by atoms with van der Waals surface area (Å²) in [7, 11) is 7.28. The number of methoxy groups -OCH3 is 1. The molecule has 0 radical (unpaired) electrons. The van der Waals surface area contributed by atoms with Gasteiger partial charge in [0.2, 0.25) is 0 Å². The van der Waals surface area contributed by atoms with Crippen LogP contribution in [0.1, 0.15) is 179 Å². The molecule has 14 aliphatic rings. The normalized spacial score (nSPS) is 39.0. The third-order valence-electron chi connectivity index (χ3n) is 23.0. The molecule has 2 fully saturated rings. The van der Waals surface area contributed by atoms with E-state index in [1.54, 1.807) is 53.7 Å². The number of likely N-dealkylation sites (tertiary alicyclic amines) is 1. The van der Waals surface area contributed by atoms with Crippen molar-refractivity contribution in [3.63, 3.8) is 0 Å². The Bertz CT molecular complexity index is 3550. The Kier molecular flexibility index (Phi) is 5.89. The first-order valence-electron chi connectivity index (χ1n) is 26.3. The summed E-state index contributed by atoms with van der Waals surface area (Å²) in [6.07, 6.45) is 19.9. The zero-order valence-corrected chi connectivity index (χ0v) is 39.0. The summed E-state index contributed by atoms with van der Waals surface area (Å²) >= 11 is 0. The number of benzene rings is 5. The standard InChI is InChI=1S/C61H53N3O4/c1-62-35-20-34(36(63-2)19-33(35)58(65)67-4)59(66)68-21-23-5-7-24(8-6-23)57-61-18-16-32-30-14-12-28-26-10-9-25-27-11-13-29-31-15-17-60(61,22-64(57)3)55-43(31)47-41(29)39(27)45-37(25)38(26)46-40(28)42(30)48-44(32)56(61)54(55)53-51(47)49(45)50(46)52(48)53/h5-8,15-20,25-32,43-44,55-57,62-63H,9-14,21-22H2,1-4H3. The molecular weight excluding hydrogens is 839 g/mol. The second kappa shape index (κ2) is 11.0. The van der Waals surface area contributed by atoms with Gasteiger partial charge in [-0.05, 0) is 217 Å². The van der Waals surface area contributed by atoms with Gasteiger partial charge in [0.05, 0.1) is 18.2 Å². The zero-order valence-electron chi connectivity index (χ0n) is 39.0. The minimum Gasteiger partial charge on any atom is -0.465 e. The van der Waals surface area contributed by atoms with Crippen LogP contribution in [0.15, 0.2) is 66.3 Å². The van der Waals surface area contributed by atoms with Crippen molar-refractivity contribution < 1.29 is 19.1 Å². The number of nitrogens with zero attached hydrogens (tertiary/aromatic N) is 1. The molecule has 1 saturated carbocycles. The molecule has 0 bridgehead atoms. The number of fused-ring (bicyclic) bond motifs is 4. The van der Waals surface area contributed by atoms with Gasteiger partial charge in [-0.3, -0.25) is 4.90 Å². The maximum absolute atomic E-state index is 13.7. The van der Waals surface area contributed by atoms with Crippen molar-refractivity contribution in [3.05, 3.63) is 144 Å². The van der Waals surface area contributed by atoms with Gasteiger partial charge in [0.15, 0.2) is 0 Å². The molecule has 1 saturated heterocycles. The van der Waals surface area contributed by atoms with E-state index in [-0.39, 0.29) is 23.5 Å². The van der Waals surface area contributed by atoms with Gasteiger partial charge in [-0.25, -0.2) is 9.59 Å². The maximum Gasteiger partial charge on any atom is 0.340 e. The average Bonchev–Trinajstić information content (AvgIpc) is 4.22. The Balaban J connectivity index is 0.800. The van der Waals surface area contributed by atoms with Gasteiger partial charge in [0, 0.05) is 54.8 Å². The summed E-state index contributed by atoms with van der Waals surface area (Å²) in [5, 5.41) is 13.4. The van der Waals surface area contributed by atoms with Crippen LogP contribution < -0.4 is 10.6 Å². The second-order valence-electron chi connectivity index (χ2n) is 24.2. The Morgan fingerprint density at radius 2 is 1.18 bits per heavy atom. The molecular formula is C61H53N3O4. The van der Waals surface area contributed by atoms with Crippen molar-refractivity contribution in [1.82, 2.24) is 4.90 Å². The number of allylic oxidation sites excluding steroid dienone is 3. The maximum atomic E-state index is 13.7. The summed E-state index contributed by atoms with van der Waals surface area (Å²) < 4.78 is 11.0. The lowest BCUT2D eigenvalue weighted by atomic mass is 9.50. The van der Waals surface area contributed by atoms with E-state index in [9.17, 15) is 9.59 Å². The van der Waals surface area contributed by atoms with E-state index in [2.05, 4.69) is 71.2 Å². The zero-order chi connectivity index (χ0) is 44.5. The topological polar surface area (TPSA) is 79.9 Å². The molecule has 15 unspecified atom stereocenters. The van der Waals surface area contributed by atoms with Crippen LogP contribution in [0.25, 0.3) is 27.1 Å². The van der Waals surface area contributed by atoms with Crippen molar-refractivity contribution in [2.75, 3.05) is 45.4 Å². The van der Waals surface area contributed by atoms with Crippen molar-refractivity contribution in [2.45, 2.75) is 98.5 Å². The smallest absolute Gasteiger partial charge is 0.340 e. The van der Waals surface area contributed by atoms with Gasteiger partial charge >= 0.3 is 11.9 Å². The minimum absolute atomic E-state index is 0.00960. The van der Waals surface area contributed by atoms with Crippen LogP contribution in [0.4, 0.5) is 11.4 Å². The molecule has 7 heteroatoms. The molecule has 5 aromatic rings. The van der Waals surface area contributed by atoms with Crippen molar-refractivity contribution in [1.29, 1.82) is 0 Å². The number of hydrogen-bond acceptors (Lipinski definition) is 7. The van der Waals surface area contributed by atoms with E-state index in [0.717, 1.165) is 35.8 Å². The lowest BCUT2D eigenvalue weighted by Gasteiger charge is -2.52. The summed E-state index contributed by atoms with van der Waals surface area (Å²) in [6, 6.07) is 12.7. The fourth-order valence-electron chi connectivity index (χ4n) is 21.8. The summed E-state index contributed by atoms with van der Waals surface area (Å²) in [5.74, 6) is 6.74. The molecule has 1 aliphatic heterocycles. The highest BCUT2D eigenvalue weighted by Crippen LogP contribution is 2.89. The third kappa shape index (κ3) is 3.28. The van der Waals surface area contributed by atoms with E-state index in [1.165, 1.54) is 51.2 Å². The molecule has 2 N–H and O–H groups in total. The van der Waals surface area contributed by atoms with E-state index in [4.69, 9.17) is 9.47 Å². The first kappa shape index (κ1) is 36.3. The molecule has 68 heavy (non-hydrogen) atoms. The number of ether oxygens (including phenoxy) is 2. The van der Waals surface area contributed by atoms with E-state index in [1.807, 2.05) is 60.9 Å². The molecule has 5 aromatic carbocycles. The number of nitrogens with one attached hydrogen (secondary N) is 2. The Morgan fingerprint density at radius 3 is 1.75 bits per heavy atom. The quantitative estimate of drug-likeness (QED) is 0.0939. The van der Waals surface area contributed by atoms with Gasteiger partial charge in [-0.2, -0.15) is 0 Å². The van der Waals surface area contributed by atoms with Crippen LogP contribution in [0.5, 0.6) is 0 Å². The third-order valence-corrected chi connectivity index (χ3v) is 23.0. The van der Waals surface area contributed by atoms with Crippen LogP contribution >= 0.6 is 0 Å². The Hall–Kier alpha value is -5.66. The number of hydrogen-bond donors (Lipinski definition) is 2. The molecule has 19 rings (SSSR count). The van der Waals surface area contributed by atoms with Gasteiger partial charge in [0.25, 0.3) is 0 Å². The fraction of sp³-hybridized carbons (Fsp3) is 0.443. The molecule has 0 aromatic heterocycles. The summed E-state index contributed by atoms with van der Waals surface area (Å²) in [4.78, 5) is 29.1. The number of carbonyl (C=O) groups is 2.